The second kappa shape index (κ2) is 11.7. The van der Waals surface area contributed by atoms with Crippen LogP contribution in [0.1, 0.15) is 27.0 Å². The molecule has 0 aliphatic carbocycles. The van der Waals surface area contributed by atoms with Crippen LogP contribution in [0.2, 0.25) is 0 Å². The van der Waals surface area contributed by atoms with Crippen molar-refractivity contribution in [2.24, 2.45) is 0 Å². The van der Waals surface area contributed by atoms with Gasteiger partial charge in [0.15, 0.2) is 6.23 Å². The van der Waals surface area contributed by atoms with Gasteiger partial charge in [-0.25, -0.2) is 14.3 Å². The number of rotatable bonds is 10. The van der Waals surface area contributed by atoms with Crippen molar-refractivity contribution in [2.45, 2.75) is 57.0 Å². The van der Waals surface area contributed by atoms with Crippen LogP contribution in [0.3, 0.4) is 0 Å². The Morgan fingerprint density at radius 3 is 2.62 bits per heavy atom. The molecule has 6 atom stereocenters. The van der Waals surface area contributed by atoms with Gasteiger partial charge in [-0.2, -0.15) is 0 Å². The molecular formula is C23H27FN3O8PS. The summed E-state index contributed by atoms with van der Waals surface area (Å²) in [6.45, 7) is 0.835. The van der Waals surface area contributed by atoms with E-state index in [4.69, 9.17) is 36.8 Å². The Morgan fingerprint density at radius 2 is 2.03 bits per heavy atom. The molecule has 3 N–H and O–H groups in total. The highest BCUT2D eigenvalue weighted by molar-refractivity contribution is 8.09. The van der Waals surface area contributed by atoms with Crippen molar-refractivity contribution in [1.82, 2.24) is 14.6 Å². The highest BCUT2D eigenvalue weighted by Crippen LogP contribution is 2.47. The number of terminal acetylenes is 1. The molecule has 1 aromatic heterocycles. The molecule has 1 fully saturated rings. The van der Waals surface area contributed by atoms with E-state index in [0.717, 1.165) is 16.8 Å². The standard InChI is InChI=1S/C23H27FN3O8PS/c1-5-23(24)19(29)17(34-21(23)27-12-11-18(28)25-22(27)31)13-32-36(37,35-16-9-7-6-8-10-16)26-15(4)20(30)33-14(2)3/h1,6-12,14-15,17,19,21,29H,13H2,2-4H3,(H,26,37)(H,25,28,31)/t15?,17-,19-,21-,23-,36?/m1/s1. The number of ether oxygens (including phenoxy) is 2. The van der Waals surface area contributed by atoms with E-state index in [9.17, 15) is 19.5 Å². The molecular weight excluding hydrogens is 528 g/mol. The van der Waals surface area contributed by atoms with E-state index < -0.39 is 60.6 Å². The Balaban J connectivity index is 1.84. The van der Waals surface area contributed by atoms with Crippen molar-refractivity contribution in [1.29, 1.82) is 0 Å². The van der Waals surface area contributed by atoms with Gasteiger partial charge in [0, 0.05) is 12.3 Å². The molecule has 0 amide bonds. The molecule has 11 nitrogen and oxygen atoms in total. The van der Waals surface area contributed by atoms with Crippen LogP contribution in [-0.4, -0.2) is 57.3 Å². The third-order valence-electron chi connectivity index (χ3n) is 5.21. The molecule has 3 rings (SSSR count). The fourth-order valence-corrected chi connectivity index (χ4v) is 5.85. The van der Waals surface area contributed by atoms with E-state index in [2.05, 4.69) is 5.09 Å². The minimum atomic E-state index is -3.53. The Kier molecular flexibility index (Phi) is 9.07. The van der Waals surface area contributed by atoms with E-state index in [-0.39, 0.29) is 6.10 Å². The molecule has 1 aliphatic heterocycles. The lowest BCUT2D eigenvalue weighted by molar-refractivity contribution is -0.149. The zero-order valence-corrected chi connectivity index (χ0v) is 21.9. The number of aromatic nitrogens is 2. The maximum atomic E-state index is 15.7. The van der Waals surface area contributed by atoms with Crippen molar-refractivity contribution < 1.29 is 32.8 Å². The Morgan fingerprint density at radius 1 is 1.35 bits per heavy atom. The lowest BCUT2D eigenvalue weighted by atomic mass is 9.97. The molecule has 2 heterocycles. The maximum absolute atomic E-state index is 15.7. The smallest absolute Gasteiger partial charge is 0.330 e. The average molecular weight is 556 g/mol. The number of nitrogens with one attached hydrogen (secondary N) is 2. The highest BCUT2D eigenvalue weighted by Gasteiger charge is 2.58. The maximum Gasteiger partial charge on any atom is 0.330 e. The fourth-order valence-electron chi connectivity index (χ4n) is 3.43. The number of aliphatic hydroxyl groups excluding tert-OH is 1. The number of esters is 1. The SMILES string of the molecule is C#C[C@@]1(F)[C@H](O)[C@@H](COP(=S)(NC(C)C(=O)OC(C)C)Oc2ccccc2)O[C@H]1n1ccc(=O)[nH]c1=O. The van der Waals surface area contributed by atoms with Crippen molar-refractivity contribution in [3.63, 3.8) is 0 Å². The number of aliphatic hydroxyl groups is 1. The van der Waals surface area contributed by atoms with Crippen LogP contribution in [0, 0.1) is 12.3 Å². The monoisotopic (exact) mass is 555 g/mol. The second-order valence-corrected chi connectivity index (χ2v) is 11.6. The average Bonchev–Trinajstić information content (AvgIpc) is 3.08. The quantitative estimate of drug-likeness (QED) is 0.224. The summed E-state index contributed by atoms with van der Waals surface area (Å²) in [5.41, 5.74) is -4.54. The molecule has 0 radical (unpaired) electrons. The van der Waals surface area contributed by atoms with Gasteiger partial charge in [0.2, 0.25) is 5.67 Å². The van der Waals surface area contributed by atoms with Gasteiger partial charge in [0.25, 0.3) is 5.56 Å². The molecule has 2 aromatic rings. The Bertz CT molecular complexity index is 1310. The highest BCUT2D eigenvalue weighted by atomic mass is 32.5. The zero-order valence-electron chi connectivity index (χ0n) is 20.2. The van der Waals surface area contributed by atoms with Gasteiger partial charge < -0.3 is 23.6 Å². The number of hydrogen-bond donors (Lipinski definition) is 3. The van der Waals surface area contributed by atoms with Crippen LogP contribution < -0.4 is 20.9 Å². The van der Waals surface area contributed by atoms with Gasteiger partial charge in [0.1, 0.15) is 24.0 Å². The zero-order chi connectivity index (χ0) is 27.4. The van der Waals surface area contributed by atoms with Gasteiger partial charge >= 0.3 is 18.3 Å². The number of halogens is 1. The van der Waals surface area contributed by atoms with Gasteiger partial charge in [-0.05, 0) is 44.7 Å². The van der Waals surface area contributed by atoms with E-state index in [1.54, 1.807) is 44.2 Å². The van der Waals surface area contributed by atoms with Gasteiger partial charge in [0.05, 0.1) is 12.7 Å². The summed E-state index contributed by atoms with van der Waals surface area (Å²) in [4.78, 5) is 38.0. The lowest BCUT2D eigenvalue weighted by Gasteiger charge is -2.28. The number of carbonyl (C=O) groups excluding carboxylic acids is 1. The third-order valence-corrected chi connectivity index (χ3v) is 7.71. The van der Waals surface area contributed by atoms with Crippen LogP contribution in [0.15, 0.2) is 52.2 Å². The summed E-state index contributed by atoms with van der Waals surface area (Å²) < 4.78 is 38.8. The Labute approximate surface area is 217 Å². The van der Waals surface area contributed by atoms with Gasteiger partial charge in [-0.3, -0.25) is 19.1 Å². The van der Waals surface area contributed by atoms with Crippen LogP contribution in [0.4, 0.5) is 4.39 Å². The van der Waals surface area contributed by atoms with Crippen molar-refractivity contribution in [2.75, 3.05) is 6.61 Å². The van der Waals surface area contributed by atoms with Crippen LogP contribution in [0.5, 0.6) is 5.75 Å². The minimum Gasteiger partial charge on any atom is -0.462 e. The number of H-pyrrole nitrogens is 1. The van der Waals surface area contributed by atoms with Crippen LogP contribution >= 0.6 is 6.64 Å². The van der Waals surface area contributed by atoms with Crippen molar-refractivity contribution in [3.8, 4) is 18.1 Å². The number of nitrogens with zero attached hydrogens (tertiary/aromatic N) is 1. The number of para-hydroxylation sites is 1. The van der Waals surface area contributed by atoms with E-state index in [1.165, 1.54) is 6.92 Å². The largest absolute Gasteiger partial charge is 0.462 e. The summed E-state index contributed by atoms with van der Waals surface area (Å²) in [5.74, 6) is 1.57. The van der Waals surface area contributed by atoms with E-state index >= 15 is 4.39 Å². The summed E-state index contributed by atoms with van der Waals surface area (Å²) in [6, 6.07) is 8.44. The van der Waals surface area contributed by atoms with Gasteiger partial charge in [-0.15, -0.1) is 6.42 Å². The number of carbonyl (C=O) groups is 1. The van der Waals surface area contributed by atoms with Crippen LogP contribution in [-0.2, 0) is 30.6 Å². The molecule has 37 heavy (non-hydrogen) atoms. The first-order valence-electron chi connectivity index (χ1n) is 11.2. The van der Waals surface area contributed by atoms with Gasteiger partial charge in [-0.1, -0.05) is 24.1 Å². The minimum absolute atomic E-state index is 0.330. The summed E-state index contributed by atoms with van der Waals surface area (Å²) in [6.07, 6.45) is 0.874. The number of benzene rings is 1. The normalized spacial score (nSPS) is 25.7. The molecule has 0 bridgehead atoms. The Hall–Kier alpha value is -2.85. The first-order valence-corrected chi connectivity index (χ1v) is 13.8. The first-order chi connectivity index (χ1) is 17.4. The third kappa shape index (κ3) is 6.73. The van der Waals surface area contributed by atoms with E-state index in [1.807, 2.05) is 10.9 Å². The summed E-state index contributed by atoms with van der Waals surface area (Å²) >= 11 is 5.59. The van der Waals surface area contributed by atoms with Crippen molar-refractivity contribution >= 4 is 24.4 Å². The second-order valence-electron chi connectivity index (χ2n) is 8.44. The molecule has 200 valence electrons. The number of alkyl halides is 1. The lowest BCUT2D eigenvalue weighted by Crippen LogP contribution is -2.45. The number of hydrogen-bond acceptors (Lipinski definition) is 9. The molecule has 14 heteroatoms. The molecule has 1 aliphatic rings. The topological polar surface area (TPSA) is 141 Å². The van der Waals surface area contributed by atoms with Crippen LogP contribution in [0.25, 0.3) is 0 Å². The fraction of sp³-hybridized carbons (Fsp3) is 0.435. The first kappa shape index (κ1) is 28.7. The summed E-state index contributed by atoms with van der Waals surface area (Å²) in [7, 11) is 0. The molecule has 1 saturated heterocycles. The predicted molar refractivity (Wildman–Crippen MR) is 135 cm³/mol. The molecule has 0 spiro atoms. The predicted octanol–water partition coefficient (Wildman–Crippen LogP) is 1.39. The molecule has 1 aromatic carbocycles. The molecule has 2 unspecified atom stereocenters. The molecule has 0 saturated carbocycles. The summed E-state index contributed by atoms with van der Waals surface area (Å²) in [5, 5.41) is 13.5. The van der Waals surface area contributed by atoms with E-state index in [0.29, 0.717) is 5.75 Å². The number of aromatic amines is 1. The van der Waals surface area contributed by atoms with Crippen molar-refractivity contribution in [3.05, 3.63) is 63.4 Å².